The zero-order valence-electron chi connectivity index (χ0n) is 15.9. The summed E-state index contributed by atoms with van der Waals surface area (Å²) in [7, 11) is 0. The van der Waals surface area contributed by atoms with Gasteiger partial charge in [0.05, 0.1) is 6.10 Å². The first-order valence-electron chi connectivity index (χ1n) is 9.48. The van der Waals surface area contributed by atoms with Gasteiger partial charge in [-0.3, -0.25) is 4.79 Å². The van der Waals surface area contributed by atoms with Crippen LogP contribution in [0.1, 0.15) is 50.4 Å². The van der Waals surface area contributed by atoms with Gasteiger partial charge in [0.15, 0.2) is 0 Å². The summed E-state index contributed by atoms with van der Waals surface area (Å²) >= 11 is 0. The maximum atomic E-state index is 12.4. The summed E-state index contributed by atoms with van der Waals surface area (Å²) in [6, 6.07) is 16.0. The number of anilines is 2. The molecule has 2 aromatic carbocycles. The van der Waals surface area contributed by atoms with Gasteiger partial charge in [0.2, 0.25) is 0 Å². The third-order valence-corrected chi connectivity index (χ3v) is 4.75. The third kappa shape index (κ3) is 4.57. The van der Waals surface area contributed by atoms with E-state index in [0.29, 0.717) is 11.6 Å². The summed E-state index contributed by atoms with van der Waals surface area (Å²) in [5, 5.41) is 2.96. The van der Waals surface area contributed by atoms with Crippen LogP contribution >= 0.6 is 0 Å². The number of nitrogens with one attached hydrogen (secondary N) is 1. The van der Waals surface area contributed by atoms with Crippen molar-refractivity contribution in [2.45, 2.75) is 52.2 Å². The molecule has 0 aliphatic carbocycles. The number of carbonyl (C=O) groups excluding carboxylic acids is 1. The summed E-state index contributed by atoms with van der Waals surface area (Å²) in [6.45, 7) is 7.35. The number of benzene rings is 2. The monoisotopic (exact) mass is 352 g/mol. The van der Waals surface area contributed by atoms with Crippen LogP contribution in [0.5, 0.6) is 5.75 Å². The lowest BCUT2D eigenvalue weighted by Gasteiger charge is -2.35. The minimum Gasteiger partial charge on any atom is -0.491 e. The number of nitrogens with zero attached hydrogens (tertiary/aromatic N) is 1. The minimum atomic E-state index is -0.111. The first-order valence-corrected chi connectivity index (χ1v) is 9.48. The number of ether oxygens (including phenoxy) is 1. The number of hydrogen-bond donors (Lipinski definition) is 1. The fourth-order valence-corrected chi connectivity index (χ4v) is 3.38. The van der Waals surface area contributed by atoms with Crippen molar-refractivity contribution in [1.82, 2.24) is 0 Å². The Balaban J connectivity index is 1.62. The van der Waals surface area contributed by atoms with Gasteiger partial charge in [0.1, 0.15) is 5.75 Å². The first-order chi connectivity index (χ1) is 12.5. The highest BCUT2D eigenvalue weighted by Crippen LogP contribution is 2.26. The van der Waals surface area contributed by atoms with E-state index in [1.165, 1.54) is 24.9 Å². The van der Waals surface area contributed by atoms with Gasteiger partial charge in [0.25, 0.3) is 5.91 Å². The van der Waals surface area contributed by atoms with Gasteiger partial charge in [-0.1, -0.05) is 0 Å². The van der Waals surface area contributed by atoms with Gasteiger partial charge >= 0.3 is 0 Å². The molecule has 0 saturated carbocycles. The summed E-state index contributed by atoms with van der Waals surface area (Å²) in [6.07, 6.45) is 3.93. The topological polar surface area (TPSA) is 41.6 Å². The lowest BCUT2D eigenvalue weighted by molar-refractivity contribution is 0.102. The van der Waals surface area contributed by atoms with Crippen molar-refractivity contribution < 1.29 is 9.53 Å². The van der Waals surface area contributed by atoms with Crippen LogP contribution in [0, 0.1) is 0 Å². The number of hydrogen-bond acceptors (Lipinski definition) is 3. The zero-order chi connectivity index (χ0) is 18.5. The average molecular weight is 352 g/mol. The van der Waals surface area contributed by atoms with E-state index in [2.05, 4.69) is 29.3 Å². The van der Waals surface area contributed by atoms with E-state index in [9.17, 15) is 4.79 Å². The van der Waals surface area contributed by atoms with E-state index < -0.39 is 0 Å². The van der Waals surface area contributed by atoms with Gasteiger partial charge in [-0.15, -0.1) is 0 Å². The second-order valence-corrected chi connectivity index (χ2v) is 7.23. The van der Waals surface area contributed by atoms with E-state index in [1.807, 2.05) is 38.1 Å². The molecule has 0 radical (unpaired) electrons. The molecule has 3 rings (SSSR count). The van der Waals surface area contributed by atoms with E-state index in [1.54, 1.807) is 12.1 Å². The van der Waals surface area contributed by atoms with Crippen molar-refractivity contribution in [2.75, 3.05) is 16.8 Å². The molecule has 26 heavy (non-hydrogen) atoms. The molecule has 0 spiro atoms. The highest BCUT2D eigenvalue weighted by Gasteiger charge is 2.18. The molecular formula is C22H28N2O2. The fourth-order valence-electron chi connectivity index (χ4n) is 3.38. The Kier molecular flexibility index (Phi) is 5.82. The molecule has 1 amide bonds. The molecule has 138 valence electrons. The van der Waals surface area contributed by atoms with Gasteiger partial charge in [0, 0.05) is 29.5 Å². The molecule has 1 aliphatic rings. The summed E-state index contributed by atoms with van der Waals surface area (Å²) in [5.74, 6) is 0.664. The van der Waals surface area contributed by atoms with Crippen LogP contribution in [-0.4, -0.2) is 24.6 Å². The Hall–Kier alpha value is -2.49. The normalized spacial score (nSPS) is 17.2. The SMILES string of the molecule is CC(C)Oc1ccc(C(=O)Nc2ccc(N3CCCC[C@@H]3C)cc2)cc1. The Labute approximate surface area is 156 Å². The predicted octanol–water partition coefficient (Wildman–Crippen LogP) is 5.10. The molecule has 2 aromatic rings. The third-order valence-electron chi connectivity index (χ3n) is 4.75. The second-order valence-electron chi connectivity index (χ2n) is 7.23. The molecule has 1 heterocycles. The van der Waals surface area contributed by atoms with Crippen molar-refractivity contribution in [3.63, 3.8) is 0 Å². The van der Waals surface area contributed by atoms with Crippen molar-refractivity contribution in [2.24, 2.45) is 0 Å². The van der Waals surface area contributed by atoms with Crippen LogP contribution < -0.4 is 15.0 Å². The van der Waals surface area contributed by atoms with Crippen LogP contribution in [0.25, 0.3) is 0 Å². The van der Waals surface area contributed by atoms with Crippen LogP contribution in [0.4, 0.5) is 11.4 Å². The van der Waals surface area contributed by atoms with E-state index in [4.69, 9.17) is 4.74 Å². The van der Waals surface area contributed by atoms with Gasteiger partial charge in [-0.05, 0) is 88.6 Å². The Morgan fingerprint density at radius 3 is 2.38 bits per heavy atom. The molecular weight excluding hydrogens is 324 g/mol. The Morgan fingerprint density at radius 1 is 1.08 bits per heavy atom. The number of carbonyl (C=O) groups is 1. The molecule has 1 saturated heterocycles. The first kappa shape index (κ1) is 18.3. The van der Waals surface area contributed by atoms with Crippen molar-refractivity contribution in [3.8, 4) is 5.75 Å². The number of piperidine rings is 1. The second kappa shape index (κ2) is 8.26. The molecule has 0 bridgehead atoms. The molecule has 1 atom stereocenters. The van der Waals surface area contributed by atoms with Crippen LogP contribution in [0.3, 0.4) is 0 Å². The maximum absolute atomic E-state index is 12.4. The summed E-state index contributed by atoms with van der Waals surface area (Å²) in [4.78, 5) is 14.9. The molecule has 0 unspecified atom stereocenters. The van der Waals surface area contributed by atoms with Crippen molar-refractivity contribution in [3.05, 3.63) is 54.1 Å². The molecule has 0 aromatic heterocycles. The Bertz CT molecular complexity index is 723. The molecule has 1 aliphatic heterocycles. The summed E-state index contributed by atoms with van der Waals surface area (Å²) < 4.78 is 5.61. The molecule has 1 N–H and O–H groups in total. The van der Waals surface area contributed by atoms with E-state index >= 15 is 0 Å². The number of rotatable bonds is 5. The zero-order valence-corrected chi connectivity index (χ0v) is 15.9. The molecule has 4 nitrogen and oxygen atoms in total. The molecule has 1 fully saturated rings. The largest absolute Gasteiger partial charge is 0.491 e. The van der Waals surface area contributed by atoms with Crippen LogP contribution in [0.2, 0.25) is 0 Å². The average Bonchev–Trinajstić information content (AvgIpc) is 2.63. The lowest BCUT2D eigenvalue weighted by atomic mass is 10.0. The van der Waals surface area contributed by atoms with Gasteiger partial charge < -0.3 is 15.0 Å². The predicted molar refractivity (Wildman–Crippen MR) is 107 cm³/mol. The van der Waals surface area contributed by atoms with E-state index in [-0.39, 0.29) is 12.0 Å². The smallest absolute Gasteiger partial charge is 0.255 e. The van der Waals surface area contributed by atoms with E-state index in [0.717, 1.165) is 18.0 Å². The standard InChI is InChI=1S/C22H28N2O2/c1-16(2)26-21-13-7-18(8-14-21)22(25)23-19-9-11-20(12-10-19)24-15-5-4-6-17(24)3/h7-14,16-17H,4-6,15H2,1-3H3,(H,23,25)/t17-/m0/s1. The van der Waals surface area contributed by atoms with Gasteiger partial charge in [-0.2, -0.15) is 0 Å². The van der Waals surface area contributed by atoms with Crippen molar-refractivity contribution in [1.29, 1.82) is 0 Å². The minimum absolute atomic E-state index is 0.111. The molecule has 4 heteroatoms. The quantitative estimate of drug-likeness (QED) is 0.813. The lowest BCUT2D eigenvalue weighted by Crippen LogP contribution is -2.37. The highest BCUT2D eigenvalue weighted by molar-refractivity contribution is 6.04. The van der Waals surface area contributed by atoms with Crippen molar-refractivity contribution >= 4 is 17.3 Å². The Morgan fingerprint density at radius 2 is 1.77 bits per heavy atom. The summed E-state index contributed by atoms with van der Waals surface area (Å²) in [5.41, 5.74) is 2.66. The maximum Gasteiger partial charge on any atom is 0.255 e. The fraction of sp³-hybridized carbons (Fsp3) is 0.409. The number of amides is 1. The van der Waals surface area contributed by atoms with Crippen LogP contribution in [0.15, 0.2) is 48.5 Å². The highest BCUT2D eigenvalue weighted by atomic mass is 16.5. The van der Waals surface area contributed by atoms with Crippen LogP contribution in [-0.2, 0) is 0 Å². The van der Waals surface area contributed by atoms with Gasteiger partial charge in [-0.25, -0.2) is 0 Å².